The average molecular weight is 592 g/mol. The van der Waals surface area contributed by atoms with Crippen molar-refractivity contribution < 1.29 is 26.3 Å². The van der Waals surface area contributed by atoms with Crippen molar-refractivity contribution in [1.29, 1.82) is 0 Å². The van der Waals surface area contributed by atoms with Gasteiger partial charge in [0.05, 0.1) is 35.4 Å². The van der Waals surface area contributed by atoms with Gasteiger partial charge in [0.2, 0.25) is 10.0 Å². The molecule has 0 radical (unpaired) electrons. The normalized spacial score (nSPS) is 17.6. The van der Waals surface area contributed by atoms with Gasteiger partial charge in [-0.15, -0.1) is 0 Å². The lowest BCUT2D eigenvalue weighted by Gasteiger charge is -2.30. The lowest BCUT2D eigenvalue weighted by Crippen LogP contribution is -2.37. The first-order valence-electron chi connectivity index (χ1n) is 13.6. The van der Waals surface area contributed by atoms with Crippen LogP contribution < -0.4 is 25.8 Å². The Hall–Kier alpha value is -3.40. The first-order chi connectivity index (χ1) is 19.5. The van der Waals surface area contributed by atoms with Crippen molar-refractivity contribution >= 4 is 32.3 Å². The highest BCUT2D eigenvalue weighted by molar-refractivity contribution is 7.89. The van der Waals surface area contributed by atoms with E-state index in [2.05, 4.69) is 34.7 Å². The highest BCUT2D eigenvalue weighted by atomic mass is 32.2. The second kappa shape index (κ2) is 13.1. The van der Waals surface area contributed by atoms with Crippen molar-refractivity contribution in [3.63, 3.8) is 0 Å². The number of benzene rings is 2. The Labute approximate surface area is 238 Å². The second-order valence-corrected chi connectivity index (χ2v) is 11.7. The molecule has 0 spiro atoms. The Kier molecular flexibility index (Phi) is 9.73. The van der Waals surface area contributed by atoms with Gasteiger partial charge in [-0.2, -0.15) is 13.2 Å². The molecule has 222 valence electrons. The van der Waals surface area contributed by atoms with E-state index in [1.807, 2.05) is 6.07 Å². The van der Waals surface area contributed by atoms with E-state index in [4.69, 9.17) is 9.88 Å². The minimum Gasteiger partial charge on any atom is -0.495 e. The Morgan fingerprint density at radius 1 is 1.07 bits per heavy atom. The number of primary sulfonamides is 1. The molecule has 12 heteroatoms. The van der Waals surface area contributed by atoms with E-state index in [-0.39, 0.29) is 28.9 Å². The summed E-state index contributed by atoms with van der Waals surface area (Å²) < 4.78 is 70.3. The number of halogens is 3. The monoisotopic (exact) mass is 591 g/mol. The fraction of sp³-hybridized carbons (Fsp3) is 0.448. The number of methoxy groups -OCH3 is 1. The van der Waals surface area contributed by atoms with Crippen LogP contribution in [0.25, 0.3) is 10.9 Å². The Bertz CT molecular complexity index is 1520. The van der Waals surface area contributed by atoms with Crippen LogP contribution in [0.5, 0.6) is 5.75 Å². The molecule has 1 aliphatic carbocycles. The number of hydrogen-bond acceptors (Lipinski definition) is 6. The van der Waals surface area contributed by atoms with Crippen LogP contribution >= 0.6 is 0 Å². The van der Waals surface area contributed by atoms with Crippen molar-refractivity contribution in [3.05, 3.63) is 48.2 Å². The number of nitrogens with two attached hydrogens (primary N) is 1. The number of rotatable bonds is 10. The zero-order valence-electron chi connectivity index (χ0n) is 23.1. The fourth-order valence-corrected chi connectivity index (χ4v) is 5.67. The van der Waals surface area contributed by atoms with Crippen LogP contribution in [0.2, 0.25) is 0 Å². The minimum absolute atomic E-state index is 0.0824. The first-order valence-corrected chi connectivity index (χ1v) is 15.2. The van der Waals surface area contributed by atoms with Gasteiger partial charge >= 0.3 is 6.18 Å². The molecule has 8 nitrogen and oxygen atoms in total. The Morgan fingerprint density at radius 2 is 1.80 bits per heavy atom. The molecule has 3 aromatic rings. The van der Waals surface area contributed by atoms with Crippen LogP contribution in [0.3, 0.4) is 0 Å². The van der Waals surface area contributed by atoms with Gasteiger partial charge in [-0.1, -0.05) is 18.9 Å². The number of ether oxygens (including phenoxy) is 1. The van der Waals surface area contributed by atoms with Crippen LogP contribution in [-0.4, -0.2) is 51.4 Å². The van der Waals surface area contributed by atoms with Crippen LogP contribution in [0, 0.1) is 11.8 Å². The van der Waals surface area contributed by atoms with E-state index in [1.54, 1.807) is 18.2 Å². The van der Waals surface area contributed by atoms with Gasteiger partial charge in [-0.25, -0.2) is 13.6 Å². The molecule has 5 N–H and O–H groups in total. The molecule has 0 amide bonds. The van der Waals surface area contributed by atoms with E-state index in [9.17, 15) is 21.6 Å². The van der Waals surface area contributed by atoms with Crippen molar-refractivity contribution in [2.75, 3.05) is 30.8 Å². The molecule has 0 atom stereocenters. The molecule has 4 rings (SSSR count). The molecule has 0 saturated heterocycles. The molecule has 1 fully saturated rings. The standard InChI is InChI=1S/C29H36F3N5O3S/c1-3-15-34-20-9-11-21(12-10-20)36-25-7-4-8-27-24(25)17-22(37(27)19-29(30,31)32)6-5-16-35-26-14-13-23(41(33,38)39)18-28(26)40-2/h4,7-8,13-14,17-18,20-21,34-36H,3,9-12,15-16,19H2,1-2H3,(H2,33,38,39). The third kappa shape index (κ3) is 8.09. The van der Waals surface area contributed by atoms with E-state index < -0.39 is 22.7 Å². The summed E-state index contributed by atoms with van der Waals surface area (Å²) in [4.78, 5) is -0.103. The number of anilines is 2. The second-order valence-electron chi connectivity index (χ2n) is 10.2. The summed E-state index contributed by atoms with van der Waals surface area (Å²) in [6.07, 6.45) is 0.761. The summed E-state index contributed by atoms with van der Waals surface area (Å²) in [5, 5.41) is 16.0. The maximum Gasteiger partial charge on any atom is 0.406 e. The number of hydrogen-bond donors (Lipinski definition) is 4. The van der Waals surface area contributed by atoms with Gasteiger partial charge in [0, 0.05) is 29.2 Å². The van der Waals surface area contributed by atoms with Gasteiger partial charge in [-0.3, -0.25) is 0 Å². The largest absolute Gasteiger partial charge is 0.495 e. The number of aromatic nitrogens is 1. The lowest BCUT2D eigenvalue weighted by molar-refractivity contribution is -0.140. The number of fused-ring (bicyclic) bond motifs is 1. The molecule has 1 aromatic heterocycles. The predicted octanol–water partition coefficient (Wildman–Crippen LogP) is 5.05. The molecule has 41 heavy (non-hydrogen) atoms. The summed E-state index contributed by atoms with van der Waals surface area (Å²) in [5.74, 6) is 6.01. The molecule has 0 unspecified atom stereocenters. The predicted molar refractivity (Wildman–Crippen MR) is 156 cm³/mol. The number of sulfonamides is 1. The topological polar surface area (TPSA) is 110 Å². The Balaban J connectivity index is 1.54. The van der Waals surface area contributed by atoms with Gasteiger partial charge in [0.1, 0.15) is 12.3 Å². The van der Waals surface area contributed by atoms with Crippen LogP contribution in [0.4, 0.5) is 24.5 Å². The molecule has 0 aliphatic heterocycles. The highest BCUT2D eigenvalue weighted by Gasteiger charge is 2.30. The molecule has 1 aliphatic rings. The van der Waals surface area contributed by atoms with E-state index in [0.717, 1.165) is 44.3 Å². The molecule has 2 aromatic carbocycles. The molecule has 1 saturated carbocycles. The fourth-order valence-electron chi connectivity index (χ4n) is 5.14. The number of nitrogens with one attached hydrogen (secondary N) is 3. The minimum atomic E-state index is -4.42. The summed E-state index contributed by atoms with van der Waals surface area (Å²) in [6.45, 7) is 2.08. The van der Waals surface area contributed by atoms with Crippen molar-refractivity contribution in [2.24, 2.45) is 5.14 Å². The summed E-state index contributed by atoms with van der Waals surface area (Å²) in [5.41, 5.74) is 1.98. The van der Waals surface area contributed by atoms with Crippen LogP contribution in [-0.2, 0) is 16.6 Å². The average Bonchev–Trinajstić information content (AvgIpc) is 3.26. The number of nitrogens with zero attached hydrogens (tertiary/aromatic N) is 1. The maximum atomic E-state index is 13.6. The highest BCUT2D eigenvalue weighted by Crippen LogP contribution is 2.32. The van der Waals surface area contributed by atoms with E-state index >= 15 is 0 Å². The summed E-state index contributed by atoms with van der Waals surface area (Å²) in [6, 6.07) is 11.9. The van der Waals surface area contributed by atoms with Crippen LogP contribution in [0.15, 0.2) is 47.4 Å². The van der Waals surface area contributed by atoms with Crippen molar-refractivity contribution in [2.45, 2.75) is 68.7 Å². The van der Waals surface area contributed by atoms with E-state index in [1.165, 1.54) is 29.9 Å². The molecular weight excluding hydrogens is 555 g/mol. The molecule has 1 heterocycles. The van der Waals surface area contributed by atoms with Crippen molar-refractivity contribution in [3.8, 4) is 17.6 Å². The third-order valence-electron chi connectivity index (χ3n) is 7.14. The van der Waals surface area contributed by atoms with E-state index in [0.29, 0.717) is 22.6 Å². The summed E-state index contributed by atoms with van der Waals surface area (Å²) in [7, 11) is -2.52. The van der Waals surface area contributed by atoms with Gasteiger partial charge in [0.25, 0.3) is 0 Å². The quantitative estimate of drug-likeness (QED) is 0.246. The SMILES string of the molecule is CCCNC1CCC(Nc2cccc3c2cc(C#CCNc2ccc(S(N)(=O)=O)cc2OC)n3CC(F)(F)F)CC1. The molecular formula is C29H36F3N5O3S. The maximum absolute atomic E-state index is 13.6. The van der Waals surface area contributed by atoms with Gasteiger partial charge < -0.3 is 25.3 Å². The lowest BCUT2D eigenvalue weighted by atomic mass is 9.91. The van der Waals surface area contributed by atoms with Crippen LogP contribution in [0.1, 0.15) is 44.7 Å². The first kappa shape index (κ1) is 30.6. The van der Waals surface area contributed by atoms with Gasteiger partial charge in [-0.05, 0) is 74.9 Å². The zero-order valence-corrected chi connectivity index (χ0v) is 24.0. The van der Waals surface area contributed by atoms with Crippen molar-refractivity contribution in [1.82, 2.24) is 9.88 Å². The van der Waals surface area contributed by atoms with Gasteiger partial charge in [0.15, 0.2) is 0 Å². The Morgan fingerprint density at radius 3 is 2.46 bits per heavy atom. The number of alkyl halides is 3. The smallest absolute Gasteiger partial charge is 0.406 e. The zero-order chi connectivity index (χ0) is 29.6. The molecule has 0 bridgehead atoms. The summed E-state index contributed by atoms with van der Waals surface area (Å²) >= 11 is 0. The third-order valence-corrected chi connectivity index (χ3v) is 8.05.